The molecule has 1 saturated carbocycles. The molecule has 0 unspecified atom stereocenters. The van der Waals surface area contributed by atoms with Gasteiger partial charge in [-0.15, -0.1) is 0 Å². The van der Waals surface area contributed by atoms with Gasteiger partial charge in [0, 0.05) is 18.2 Å². The van der Waals surface area contributed by atoms with Crippen LogP contribution in [0.3, 0.4) is 0 Å². The van der Waals surface area contributed by atoms with E-state index in [1.54, 1.807) is 6.26 Å². The van der Waals surface area contributed by atoms with Crippen molar-refractivity contribution in [1.29, 1.82) is 0 Å². The molecule has 0 radical (unpaired) electrons. The first kappa shape index (κ1) is 20.0. The third-order valence-corrected chi connectivity index (χ3v) is 4.94. The summed E-state index contributed by atoms with van der Waals surface area (Å²) >= 11 is 0. The fourth-order valence-electron chi connectivity index (χ4n) is 3.45. The number of nitrogens with one attached hydrogen (secondary N) is 3. The lowest BCUT2D eigenvalue weighted by molar-refractivity contribution is -0.120. The van der Waals surface area contributed by atoms with Crippen molar-refractivity contribution in [3.63, 3.8) is 0 Å². The zero-order valence-electron chi connectivity index (χ0n) is 16.5. The molecule has 1 heterocycles. The van der Waals surface area contributed by atoms with E-state index in [-0.39, 0.29) is 11.8 Å². The molecule has 2 aromatic rings. The SMILES string of the molecule is CCNC(=NCc1cccc(NC(=O)C2CCCCC2)c1)NCc1ccco1. The fraction of sp³-hybridized carbons (Fsp3) is 0.455. The molecule has 1 aliphatic rings. The van der Waals surface area contributed by atoms with Crippen molar-refractivity contribution in [2.24, 2.45) is 10.9 Å². The number of amides is 1. The number of guanidine groups is 1. The van der Waals surface area contributed by atoms with Crippen LogP contribution in [0.15, 0.2) is 52.1 Å². The van der Waals surface area contributed by atoms with Crippen molar-refractivity contribution < 1.29 is 9.21 Å². The zero-order valence-corrected chi connectivity index (χ0v) is 16.5. The third-order valence-electron chi connectivity index (χ3n) is 4.94. The minimum absolute atomic E-state index is 0.147. The number of aliphatic imine (C=N–C) groups is 1. The van der Waals surface area contributed by atoms with Crippen LogP contribution in [-0.2, 0) is 17.9 Å². The van der Waals surface area contributed by atoms with Gasteiger partial charge in [-0.1, -0.05) is 31.4 Å². The fourth-order valence-corrected chi connectivity index (χ4v) is 3.45. The molecule has 0 aliphatic heterocycles. The van der Waals surface area contributed by atoms with Gasteiger partial charge in [-0.3, -0.25) is 4.79 Å². The molecule has 3 N–H and O–H groups in total. The van der Waals surface area contributed by atoms with Crippen LogP contribution < -0.4 is 16.0 Å². The van der Waals surface area contributed by atoms with Crippen LogP contribution in [0.25, 0.3) is 0 Å². The molecule has 0 spiro atoms. The van der Waals surface area contributed by atoms with E-state index in [9.17, 15) is 4.79 Å². The first-order valence-corrected chi connectivity index (χ1v) is 10.2. The summed E-state index contributed by atoms with van der Waals surface area (Å²) in [4.78, 5) is 17.1. The molecule has 1 aromatic carbocycles. The molecular weight excluding hydrogens is 352 g/mol. The lowest BCUT2D eigenvalue weighted by atomic mass is 9.88. The van der Waals surface area contributed by atoms with Gasteiger partial charge in [0.2, 0.25) is 5.91 Å². The number of rotatable bonds is 7. The van der Waals surface area contributed by atoms with Crippen LogP contribution >= 0.6 is 0 Å². The van der Waals surface area contributed by atoms with E-state index in [2.05, 4.69) is 20.9 Å². The molecule has 3 rings (SSSR count). The molecule has 1 aliphatic carbocycles. The van der Waals surface area contributed by atoms with Gasteiger partial charge < -0.3 is 20.4 Å². The molecule has 0 saturated heterocycles. The number of hydrogen-bond donors (Lipinski definition) is 3. The first-order chi connectivity index (χ1) is 13.7. The summed E-state index contributed by atoms with van der Waals surface area (Å²) in [6.45, 7) is 3.92. The molecular formula is C22H30N4O2. The highest BCUT2D eigenvalue weighted by Gasteiger charge is 2.20. The van der Waals surface area contributed by atoms with Crippen LogP contribution in [0.5, 0.6) is 0 Å². The van der Waals surface area contributed by atoms with E-state index in [0.717, 1.165) is 55.2 Å². The predicted molar refractivity (Wildman–Crippen MR) is 112 cm³/mol. The number of furan rings is 1. The minimum Gasteiger partial charge on any atom is -0.467 e. The number of nitrogens with zero attached hydrogens (tertiary/aromatic N) is 1. The topological polar surface area (TPSA) is 78.7 Å². The van der Waals surface area contributed by atoms with Gasteiger partial charge in [-0.2, -0.15) is 0 Å². The number of benzene rings is 1. The molecule has 0 bridgehead atoms. The number of anilines is 1. The zero-order chi connectivity index (χ0) is 19.6. The lowest BCUT2D eigenvalue weighted by Gasteiger charge is -2.20. The monoisotopic (exact) mass is 382 g/mol. The van der Waals surface area contributed by atoms with Gasteiger partial charge in [-0.05, 0) is 49.6 Å². The normalized spacial score (nSPS) is 15.2. The van der Waals surface area contributed by atoms with Gasteiger partial charge in [0.25, 0.3) is 0 Å². The average Bonchev–Trinajstić information content (AvgIpc) is 3.25. The number of hydrogen-bond acceptors (Lipinski definition) is 3. The maximum absolute atomic E-state index is 12.5. The van der Waals surface area contributed by atoms with E-state index in [1.165, 1.54) is 6.42 Å². The average molecular weight is 383 g/mol. The highest BCUT2D eigenvalue weighted by molar-refractivity contribution is 5.92. The standard InChI is InChI=1S/C22H30N4O2/c1-2-23-22(25-16-20-12-7-13-28-20)24-15-17-8-6-11-19(14-17)26-21(27)18-9-4-3-5-10-18/h6-8,11-14,18H,2-5,9-10,15-16H2,1H3,(H,26,27)(H2,23,24,25). The summed E-state index contributed by atoms with van der Waals surface area (Å²) in [7, 11) is 0. The maximum atomic E-state index is 12.5. The van der Waals surface area contributed by atoms with Crippen molar-refractivity contribution >= 4 is 17.6 Å². The van der Waals surface area contributed by atoms with Crippen LogP contribution in [0.1, 0.15) is 50.4 Å². The van der Waals surface area contributed by atoms with Gasteiger partial charge in [0.15, 0.2) is 5.96 Å². The van der Waals surface area contributed by atoms with Crippen LogP contribution in [0.4, 0.5) is 5.69 Å². The molecule has 6 nitrogen and oxygen atoms in total. The highest BCUT2D eigenvalue weighted by atomic mass is 16.3. The van der Waals surface area contributed by atoms with E-state index >= 15 is 0 Å². The largest absolute Gasteiger partial charge is 0.467 e. The summed E-state index contributed by atoms with van der Waals surface area (Å²) in [5.41, 5.74) is 1.90. The molecule has 6 heteroatoms. The van der Waals surface area contributed by atoms with Crippen LogP contribution in [0.2, 0.25) is 0 Å². The lowest BCUT2D eigenvalue weighted by Crippen LogP contribution is -2.36. The maximum Gasteiger partial charge on any atom is 0.227 e. The summed E-state index contributed by atoms with van der Waals surface area (Å²) in [5.74, 6) is 1.89. The highest BCUT2D eigenvalue weighted by Crippen LogP contribution is 2.25. The van der Waals surface area contributed by atoms with E-state index in [1.807, 2.05) is 43.3 Å². The van der Waals surface area contributed by atoms with Crippen LogP contribution in [-0.4, -0.2) is 18.4 Å². The third kappa shape index (κ3) is 6.15. The van der Waals surface area contributed by atoms with Crippen molar-refractivity contribution in [2.45, 2.75) is 52.1 Å². The number of carbonyl (C=O) groups is 1. The Morgan fingerprint density at radius 2 is 2.00 bits per heavy atom. The summed E-state index contributed by atoms with van der Waals surface area (Å²) in [6, 6.07) is 11.7. The molecule has 1 amide bonds. The Hall–Kier alpha value is -2.76. The van der Waals surface area contributed by atoms with Crippen LogP contribution in [0, 0.1) is 5.92 Å². The molecule has 28 heavy (non-hydrogen) atoms. The Labute approximate surface area is 166 Å². The Bertz CT molecular complexity index is 765. The van der Waals surface area contributed by atoms with Crippen molar-refractivity contribution in [2.75, 3.05) is 11.9 Å². The molecule has 1 fully saturated rings. The van der Waals surface area contributed by atoms with Crippen molar-refractivity contribution in [3.8, 4) is 0 Å². The Balaban J connectivity index is 1.57. The minimum atomic E-state index is 0.147. The predicted octanol–water partition coefficient (Wildman–Crippen LogP) is 4.05. The van der Waals surface area contributed by atoms with Gasteiger partial charge in [-0.25, -0.2) is 4.99 Å². The Morgan fingerprint density at radius 3 is 2.75 bits per heavy atom. The second kappa shape index (κ2) is 10.5. The smallest absolute Gasteiger partial charge is 0.227 e. The van der Waals surface area contributed by atoms with E-state index in [0.29, 0.717) is 13.1 Å². The summed E-state index contributed by atoms with van der Waals surface area (Å²) in [5, 5.41) is 9.57. The van der Waals surface area contributed by atoms with Crippen molar-refractivity contribution in [3.05, 3.63) is 54.0 Å². The molecule has 1 aromatic heterocycles. The van der Waals surface area contributed by atoms with Gasteiger partial charge in [0.05, 0.1) is 19.4 Å². The van der Waals surface area contributed by atoms with E-state index in [4.69, 9.17) is 4.42 Å². The Kier molecular flexibility index (Phi) is 7.53. The summed E-state index contributed by atoms with van der Waals surface area (Å²) < 4.78 is 5.34. The Morgan fingerprint density at radius 1 is 1.14 bits per heavy atom. The molecule has 150 valence electrons. The number of carbonyl (C=O) groups excluding carboxylic acids is 1. The first-order valence-electron chi connectivity index (χ1n) is 10.2. The second-order valence-corrected chi connectivity index (χ2v) is 7.15. The van der Waals surface area contributed by atoms with Gasteiger partial charge >= 0.3 is 0 Å². The van der Waals surface area contributed by atoms with Gasteiger partial charge in [0.1, 0.15) is 5.76 Å². The quantitative estimate of drug-likeness (QED) is 0.499. The summed E-state index contributed by atoms with van der Waals surface area (Å²) in [6.07, 6.45) is 7.23. The van der Waals surface area contributed by atoms with Crippen molar-refractivity contribution in [1.82, 2.24) is 10.6 Å². The molecule has 0 atom stereocenters. The second-order valence-electron chi connectivity index (χ2n) is 7.15. The van der Waals surface area contributed by atoms with E-state index < -0.39 is 0 Å².